The molecule has 0 fully saturated rings. The molecule has 5 heteroatoms. The molecule has 12 aromatic rings. The SMILES string of the molecule is c1ccc(-c2nc(-c3ccc(-c4cc(-c5ccc6ccccc6c5)cc5oc6ccccc6c45)c4ccccc34)nc(-c3cccc4c3oc3ccccc34)n2)cc1. The van der Waals surface area contributed by atoms with E-state index in [0.29, 0.717) is 17.5 Å². The van der Waals surface area contributed by atoms with Crippen molar-refractivity contribution in [1.82, 2.24) is 15.0 Å². The van der Waals surface area contributed by atoms with E-state index in [1.807, 2.05) is 72.8 Å². The minimum absolute atomic E-state index is 0.552. The summed E-state index contributed by atoms with van der Waals surface area (Å²) in [5.41, 5.74) is 10.4. The molecule has 5 nitrogen and oxygen atoms in total. The van der Waals surface area contributed by atoms with Gasteiger partial charge in [-0.15, -0.1) is 0 Å². The molecule has 0 spiro atoms. The second-order valence-electron chi connectivity index (χ2n) is 14.7. The monoisotopic (exact) mass is 741 g/mol. The maximum absolute atomic E-state index is 6.59. The van der Waals surface area contributed by atoms with Crippen LogP contribution in [0.5, 0.6) is 0 Å². The molecule has 0 aliphatic heterocycles. The third-order valence-electron chi connectivity index (χ3n) is 11.3. The van der Waals surface area contributed by atoms with Gasteiger partial charge in [0, 0.05) is 32.7 Å². The minimum atomic E-state index is 0.552. The van der Waals surface area contributed by atoms with Gasteiger partial charge in [0.2, 0.25) is 0 Å². The third kappa shape index (κ3) is 5.14. The van der Waals surface area contributed by atoms with Crippen molar-refractivity contribution in [3.63, 3.8) is 0 Å². The van der Waals surface area contributed by atoms with Crippen molar-refractivity contribution in [3.8, 4) is 56.4 Å². The highest BCUT2D eigenvalue weighted by Crippen LogP contribution is 2.44. The molecule has 0 N–H and O–H groups in total. The van der Waals surface area contributed by atoms with Crippen molar-refractivity contribution < 1.29 is 8.83 Å². The van der Waals surface area contributed by atoms with Crippen LogP contribution in [-0.2, 0) is 0 Å². The lowest BCUT2D eigenvalue weighted by molar-refractivity contribution is 0.669. The van der Waals surface area contributed by atoms with E-state index < -0.39 is 0 Å². The summed E-state index contributed by atoms with van der Waals surface area (Å²) in [6.45, 7) is 0. The van der Waals surface area contributed by atoms with Crippen molar-refractivity contribution in [2.45, 2.75) is 0 Å². The van der Waals surface area contributed by atoms with Gasteiger partial charge in [-0.3, -0.25) is 0 Å². The summed E-state index contributed by atoms with van der Waals surface area (Å²) < 4.78 is 13.1. The van der Waals surface area contributed by atoms with Crippen molar-refractivity contribution in [3.05, 3.63) is 188 Å². The Bertz CT molecular complexity index is 3580. The molecule has 58 heavy (non-hydrogen) atoms. The summed E-state index contributed by atoms with van der Waals surface area (Å²) in [6, 6.07) is 65.2. The van der Waals surface area contributed by atoms with E-state index in [-0.39, 0.29) is 0 Å². The number of fused-ring (bicyclic) bond motifs is 8. The van der Waals surface area contributed by atoms with Crippen LogP contribution in [0.2, 0.25) is 0 Å². The Balaban J connectivity index is 1.09. The van der Waals surface area contributed by atoms with Crippen molar-refractivity contribution >= 4 is 65.4 Å². The van der Waals surface area contributed by atoms with Gasteiger partial charge in [0.1, 0.15) is 22.3 Å². The van der Waals surface area contributed by atoms with Crippen LogP contribution in [0.4, 0.5) is 0 Å². The number of aromatic nitrogens is 3. The van der Waals surface area contributed by atoms with Gasteiger partial charge in [0.15, 0.2) is 17.5 Å². The average molecular weight is 742 g/mol. The predicted molar refractivity (Wildman–Crippen MR) is 237 cm³/mol. The summed E-state index contributed by atoms with van der Waals surface area (Å²) in [7, 11) is 0. The van der Waals surface area contributed by atoms with Gasteiger partial charge in [-0.25, -0.2) is 15.0 Å². The first-order valence-electron chi connectivity index (χ1n) is 19.4. The van der Waals surface area contributed by atoms with Gasteiger partial charge in [-0.1, -0.05) is 146 Å². The molecule has 0 atom stereocenters. The zero-order chi connectivity index (χ0) is 38.2. The second kappa shape index (κ2) is 12.8. The number of hydrogen-bond donors (Lipinski definition) is 0. The highest BCUT2D eigenvalue weighted by molar-refractivity contribution is 6.17. The number of nitrogens with zero attached hydrogens (tertiary/aromatic N) is 3. The van der Waals surface area contributed by atoms with E-state index in [9.17, 15) is 0 Å². The molecule has 9 aromatic carbocycles. The number of para-hydroxylation sites is 3. The Morgan fingerprint density at radius 3 is 1.74 bits per heavy atom. The Hall–Kier alpha value is -7.89. The standard InChI is InChI=1S/C53H31N3O2/c1-2-14-33(15-3-1)51-54-52(56-53(55-51)44-22-12-21-41-40-19-8-10-23-46(40)58-50(41)44)42-28-27-39(37-17-6-7-18-38(37)42)45-30-36(35-26-25-32-13-4-5-16-34(32)29-35)31-48-49(45)43-20-9-11-24-47(43)57-48/h1-31H. The van der Waals surface area contributed by atoms with E-state index in [1.54, 1.807) is 0 Å². The molecule has 0 amide bonds. The fraction of sp³-hybridized carbons (Fsp3) is 0. The van der Waals surface area contributed by atoms with Crippen molar-refractivity contribution in [2.75, 3.05) is 0 Å². The molecule has 0 bridgehead atoms. The normalized spacial score (nSPS) is 11.8. The van der Waals surface area contributed by atoms with Crippen LogP contribution in [0.3, 0.4) is 0 Å². The topological polar surface area (TPSA) is 65.0 Å². The van der Waals surface area contributed by atoms with Gasteiger partial charge in [0.25, 0.3) is 0 Å². The summed E-state index contributed by atoms with van der Waals surface area (Å²) in [5.74, 6) is 1.73. The van der Waals surface area contributed by atoms with Crippen LogP contribution in [0.25, 0.3) is 122 Å². The van der Waals surface area contributed by atoms with Crippen LogP contribution in [0.15, 0.2) is 197 Å². The molecule has 0 aliphatic carbocycles. The molecule has 0 saturated carbocycles. The molecular weight excluding hydrogens is 711 g/mol. The lowest BCUT2D eigenvalue weighted by Crippen LogP contribution is -2.01. The molecule has 0 unspecified atom stereocenters. The van der Waals surface area contributed by atoms with Crippen molar-refractivity contribution in [1.29, 1.82) is 0 Å². The lowest BCUT2D eigenvalue weighted by Gasteiger charge is -2.15. The van der Waals surface area contributed by atoms with Crippen LogP contribution in [0, 0.1) is 0 Å². The first kappa shape index (κ1) is 32.4. The molecule has 0 radical (unpaired) electrons. The molecular formula is C53H31N3O2. The van der Waals surface area contributed by atoms with E-state index in [1.165, 1.54) is 10.8 Å². The van der Waals surface area contributed by atoms with Gasteiger partial charge >= 0.3 is 0 Å². The maximum atomic E-state index is 6.59. The van der Waals surface area contributed by atoms with E-state index in [0.717, 1.165) is 93.6 Å². The fourth-order valence-corrected chi connectivity index (χ4v) is 8.59. The van der Waals surface area contributed by atoms with E-state index in [2.05, 4.69) is 115 Å². The summed E-state index contributed by atoms with van der Waals surface area (Å²) in [6.07, 6.45) is 0. The molecule has 3 aromatic heterocycles. The Morgan fingerprint density at radius 1 is 0.293 bits per heavy atom. The average Bonchev–Trinajstić information content (AvgIpc) is 3.87. The van der Waals surface area contributed by atoms with E-state index in [4.69, 9.17) is 23.8 Å². The third-order valence-corrected chi connectivity index (χ3v) is 11.3. The Morgan fingerprint density at radius 2 is 0.914 bits per heavy atom. The van der Waals surface area contributed by atoms with Crippen LogP contribution in [0.1, 0.15) is 0 Å². The van der Waals surface area contributed by atoms with Gasteiger partial charge < -0.3 is 8.83 Å². The summed E-state index contributed by atoms with van der Waals surface area (Å²) >= 11 is 0. The zero-order valence-corrected chi connectivity index (χ0v) is 31.1. The maximum Gasteiger partial charge on any atom is 0.167 e. The minimum Gasteiger partial charge on any atom is -0.456 e. The highest BCUT2D eigenvalue weighted by atomic mass is 16.3. The predicted octanol–water partition coefficient (Wildman–Crippen LogP) is 14.3. The summed E-state index contributed by atoms with van der Waals surface area (Å²) in [5, 5.41) is 8.79. The fourth-order valence-electron chi connectivity index (χ4n) is 8.59. The quantitative estimate of drug-likeness (QED) is 0.176. The first-order chi connectivity index (χ1) is 28.7. The number of benzene rings is 9. The summed E-state index contributed by atoms with van der Waals surface area (Å²) in [4.78, 5) is 15.5. The largest absolute Gasteiger partial charge is 0.456 e. The molecule has 3 heterocycles. The molecule has 0 aliphatic rings. The smallest absolute Gasteiger partial charge is 0.167 e. The number of rotatable bonds is 5. The number of hydrogen-bond acceptors (Lipinski definition) is 5. The molecule has 0 saturated heterocycles. The van der Waals surface area contributed by atoms with Crippen LogP contribution in [-0.4, -0.2) is 15.0 Å². The zero-order valence-electron chi connectivity index (χ0n) is 31.1. The van der Waals surface area contributed by atoms with Crippen molar-refractivity contribution in [2.24, 2.45) is 0 Å². The van der Waals surface area contributed by atoms with Gasteiger partial charge in [-0.05, 0) is 86.3 Å². The molecule has 12 rings (SSSR count). The molecule has 270 valence electrons. The Kier molecular flexibility index (Phi) is 7.16. The lowest BCUT2D eigenvalue weighted by atomic mass is 9.89. The second-order valence-corrected chi connectivity index (χ2v) is 14.7. The van der Waals surface area contributed by atoms with Crippen LogP contribution >= 0.6 is 0 Å². The van der Waals surface area contributed by atoms with Crippen LogP contribution < -0.4 is 0 Å². The Labute approximate surface area is 332 Å². The van der Waals surface area contributed by atoms with E-state index >= 15 is 0 Å². The first-order valence-corrected chi connectivity index (χ1v) is 19.4. The van der Waals surface area contributed by atoms with Gasteiger partial charge in [0.05, 0.1) is 5.56 Å². The van der Waals surface area contributed by atoms with Gasteiger partial charge in [-0.2, -0.15) is 0 Å². The number of furan rings is 2. The highest BCUT2D eigenvalue weighted by Gasteiger charge is 2.21.